The van der Waals surface area contributed by atoms with Crippen LogP contribution in [0.3, 0.4) is 0 Å². The van der Waals surface area contributed by atoms with Crippen LogP contribution in [0.5, 0.6) is 0 Å². The standard InChI is InChI=1S/C25H20N6OS/c32-24(17-33-25-28-26-18-30(25)20-12-6-2-7-13-20)27-23-16-22(19-10-4-1-5-11-19)29-31(23)21-14-8-3-9-15-21/h1-16,18H,17H2,(H,27,32). The van der Waals surface area contributed by atoms with E-state index in [9.17, 15) is 4.79 Å². The summed E-state index contributed by atoms with van der Waals surface area (Å²) in [6.07, 6.45) is 1.65. The van der Waals surface area contributed by atoms with Gasteiger partial charge in [-0.2, -0.15) is 5.10 Å². The van der Waals surface area contributed by atoms with Gasteiger partial charge in [-0.1, -0.05) is 78.5 Å². The molecule has 0 aliphatic carbocycles. The van der Waals surface area contributed by atoms with Crippen molar-refractivity contribution in [2.45, 2.75) is 5.16 Å². The van der Waals surface area contributed by atoms with E-state index in [1.165, 1.54) is 11.8 Å². The van der Waals surface area contributed by atoms with E-state index in [-0.39, 0.29) is 11.7 Å². The number of thioether (sulfide) groups is 1. The highest BCUT2D eigenvalue weighted by Gasteiger charge is 2.15. The molecule has 1 amide bonds. The van der Waals surface area contributed by atoms with Gasteiger partial charge in [0.25, 0.3) is 0 Å². The number of carbonyl (C=O) groups excluding carboxylic acids is 1. The van der Waals surface area contributed by atoms with Crippen LogP contribution in [0.4, 0.5) is 5.82 Å². The molecule has 2 heterocycles. The molecule has 0 radical (unpaired) electrons. The first-order chi connectivity index (χ1) is 16.3. The summed E-state index contributed by atoms with van der Waals surface area (Å²) < 4.78 is 3.61. The van der Waals surface area contributed by atoms with Gasteiger partial charge in [0.2, 0.25) is 5.91 Å². The van der Waals surface area contributed by atoms with E-state index in [0.29, 0.717) is 11.0 Å². The fourth-order valence-electron chi connectivity index (χ4n) is 3.38. The molecule has 5 rings (SSSR count). The Labute approximate surface area is 195 Å². The fourth-order valence-corrected chi connectivity index (χ4v) is 4.11. The molecule has 0 aliphatic heterocycles. The van der Waals surface area contributed by atoms with Gasteiger partial charge in [-0.05, 0) is 24.3 Å². The molecule has 0 saturated heterocycles. The van der Waals surface area contributed by atoms with Gasteiger partial charge in [-0.25, -0.2) is 4.68 Å². The van der Waals surface area contributed by atoms with Gasteiger partial charge in [0.1, 0.15) is 12.1 Å². The largest absolute Gasteiger partial charge is 0.310 e. The first-order valence-corrected chi connectivity index (χ1v) is 11.4. The van der Waals surface area contributed by atoms with Crippen LogP contribution >= 0.6 is 11.8 Å². The van der Waals surface area contributed by atoms with Crippen molar-refractivity contribution in [1.29, 1.82) is 0 Å². The molecule has 3 aromatic carbocycles. The molecule has 0 atom stereocenters. The topological polar surface area (TPSA) is 77.6 Å². The molecule has 8 heteroatoms. The van der Waals surface area contributed by atoms with Crippen molar-refractivity contribution in [3.63, 3.8) is 0 Å². The van der Waals surface area contributed by atoms with Gasteiger partial charge in [-0.3, -0.25) is 9.36 Å². The van der Waals surface area contributed by atoms with Crippen LogP contribution in [0.1, 0.15) is 0 Å². The number of nitrogens with one attached hydrogen (secondary N) is 1. The number of hydrogen-bond acceptors (Lipinski definition) is 5. The summed E-state index contributed by atoms with van der Waals surface area (Å²) in [6.45, 7) is 0. The number of rotatable bonds is 7. The van der Waals surface area contributed by atoms with Crippen LogP contribution < -0.4 is 5.32 Å². The predicted molar refractivity (Wildman–Crippen MR) is 130 cm³/mol. The molecule has 2 aromatic heterocycles. The van der Waals surface area contributed by atoms with Gasteiger partial charge in [0.15, 0.2) is 5.16 Å². The van der Waals surface area contributed by atoms with Crippen LogP contribution in [0.2, 0.25) is 0 Å². The number of hydrogen-bond donors (Lipinski definition) is 1. The van der Waals surface area contributed by atoms with E-state index < -0.39 is 0 Å². The van der Waals surface area contributed by atoms with E-state index in [1.807, 2.05) is 102 Å². The Morgan fingerprint density at radius 3 is 2.18 bits per heavy atom. The van der Waals surface area contributed by atoms with E-state index >= 15 is 0 Å². The number of anilines is 1. The van der Waals surface area contributed by atoms with Crippen molar-refractivity contribution in [2.75, 3.05) is 11.1 Å². The zero-order valence-corrected chi connectivity index (χ0v) is 18.4. The second-order valence-electron chi connectivity index (χ2n) is 7.18. The molecule has 33 heavy (non-hydrogen) atoms. The highest BCUT2D eigenvalue weighted by atomic mass is 32.2. The number of carbonyl (C=O) groups is 1. The number of aromatic nitrogens is 5. The Kier molecular flexibility index (Phi) is 5.99. The SMILES string of the molecule is O=C(CSc1nncn1-c1ccccc1)Nc1cc(-c2ccccc2)nn1-c1ccccc1. The van der Waals surface area contributed by atoms with Gasteiger partial charge < -0.3 is 5.32 Å². The molecule has 0 bridgehead atoms. The van der Waals surface area contributed by atoms with Crippen LogP contribution in [0.25, 0.3) is 22.6 Å². The minimum absolute atomic E-state index is 0.153. The maximum atomic E-state index is 12.9. The third-order valence-electron chi connectivity index (χ3n) is 4.93. The monoisotopic (exact) mass is 452 g/mol. The zero-order chi connectivity index (χ0) is 22.5. The quantitative estimate of drug-likeness (QED) is 0.357. The molecule has 0 aliphatic rings. The second-order valence-corrected chi connectivity index (χ2v) is 8.13. The van der Waals surface area contributed by atoms with E-state index in [1.54, 1.807) is 11.0 Å². The van der Waals surface area contributed by atoms with Crippen LogP contribution in [-0.2, 0) is 4.79 Å². The van der Waals surface area contributed by atoms with E-state index in [4.69, 9.17) is 5.10 Å². The molecule has 0 fully saturated rings. The maximum absolute atomic E-state index is 12.9. The lowest BCUT2D eigenvalue weighted by Crippen LogP contribution is -2.17. The Balaban J connectivity index is 1.35. The molecule has 5 aromatic rings. The first-order valence-electron chi connectivity index (χ1n) is 10.4. The summed E-state index contributed by atoms with van der Waals surface area (Å²) in [5, 5.41) is 16.5. The summed E-state index contributed by atoms with van der Waals surface area (Å²) in [7, 11) is 0. The summed E-state index contributed by atoms with van der Waals surface area (Å²) in [5.74, 6) is 0.640. The first kappa shape index (κ1) is 20.7. The minimum Gasteiger partial charge on any atom is -0.310 e. The number of amides is 1. The van der Waals surface area contributed by atoms with Crippen molar-refractivity contribution in [3.8, 4) is 22.6 Å². The van der Waals surface area contributed by atoms with Crippen LogP contribution in [0, 0.1) is 0 Å². The van der Waals surface area contributed by atoms with Crippen molar-refractivity contribution in [3.05, 3.63) is 103 Å². The van der Waals surface area contributed by atoms with Crippen molar-refractivity contribution in [2.24, 2.45) is 0 Å². The molecule has 162 valence electrons. The maximum Gasteiger partial charge on any atom is 0.236 e. The van der Waals surface area contributed by atoms with Crippen molar-refractivity contribution in [1.82, 2.24) is 24.5 Å². The Bertz CT molecular complexity index is 1350. The average molecular weight is 453 g/mol. The lowest BCUT2D eigenvalue weighted by molar-refractivity contribution is -0.113. The smallest absolute Gasteiger partial charge is 0.236 e. The minimum atomic E-state index is -0.153. The summed E-state index contributed by atoms with van der Waals surface area (Å²) >= 11 is 1.33. The lowest BCUT2D eigenvalue weighted by atomic mass is 10.2. The Hall–Kier alpha value is -4.17. The number of para-hydroxylation sites is 2. The third-order valence-corrected chi connectivity index (χ3v) is 5.87. The van der Waals surface area contributed by atoms with Gasteiger partial charge in [0, 0.05) is 17.3 Å². The van der Waals surface area contributed by atoms with E-state index in [0.717, 1.165) is 22.6 Å². The average Bonchev–Trinajstić information content (AvgIpc) is 3.52. The molecule has 1 N–H and O–H groups in total. The van der Waals surface area contributed by atoms with Crippen molar-refractivity contribution >= 4 is 23.5 Å². The molecular formula is C25H20N6OS. The lowest BCUT2D eigenvalue weighted by Gasteiger charge is -2.09. The van der Waals surface area contributed by atoms with Gasteiger partial charge in [0.05, 0.1) is 17.1 Å². The second kappa shape index (κ2) is 9.54. The Morgan fingerprint density at radius 1 is 0.848 bits per heavy atom. The third kappa shape index (κ3) is 4.70. The summed E-state index contributed by atoms with van der Waals surface area (Å²) in [4.78, 5) is 12.9. The zero-order valence-electron chi connectivity index (χ0n) is 17.6. The fraction of sp³-hybridized carbons (Fsp3) is 0.0400. The molecule has 0 saturated carbocycles. The molecular weight excluding hydrogens is 432 g/mol. The van der Waals surface area contributed by atoms with Gasteiger partial charge in [-0.15, -0.1) is 10.2 Å². The highest BCUT2D eigenvalue weighted by molar-refractivity contribution is 7.99. The summed E-state index contributed by atoms with van der Waals surface area (Å²) in [5.41, 5.74) is 3.57. The Morgan fingerprint density at radius 2 is 1.48 bits per heavy atom. The highest BCUT2D eigenvalue weighted by Crippen LogP contribution is 2.25. The number of nitrogens with zero attached hydrogens (tertiary/aromatic N) is 5. The number of benzene rings is 3. The van der Waals surface area contributed by atoms with E-state index in [2.05, 4.69) is 15.5 Å². The van der Waals surface area contributed by atoms with Crippen LogP contribution in [-0.4, -0.2) is 36.2 Å². The molecule has 7 nitrogen and oxygen atoms in total. The van der Waals surface area contributed by atoms with Crippen molar-refractivity contribution < 1.29 is 4.79 Å². The molecule has 0 spiro atoms. The predicted octanol–water partition coefficient (Wildman–Crippen LogP) is 4.85. The van der Waals surface area contributed by atoms with Gasteiger partial charge >= 0.3 is 0 Å². The summed E-state index contributed by atoms with van der Waals surface area (Å²) in [6, 6.07) is 31.3. The molecule has 0 unspecified atom stereocenters. The van der Waals surface area contributed by atoms with Crippen LogP contribution in [0.15, 0.2) is 109 Å². The normalized spacial score (nSPS) is 10.8.